The average Bonchev–Trinajstić information content (AvgIpc) is 2.41. The Hall–Kier alpha value is -1.78. The van der Waals surface area contributed by atoms with E-state index in [0.29, 0.717) is 17.4 Å². The van der Waals surface area contributed by atoms with Crippen LogP contribution in [-0.4, -0.2) is 18.1 Å². The largest absolute Gasteiger partial charge is 0.490 e. The SMILES string of the molecule is CNc1cc(OC2CCCCC2C)cc([N+](=O)[O-])c1. The van der Waals surface area contributed by atoms with Crippen LogP contribution < -0.4 is 10.1 Å². The van der Waals surface area contributed by atoms with E-state index in [1.807, 2.05) is 6.07 Å². The molecule has 1 saturated carbocycles. The van der Waals surface area contributed by atoms with Gasteiger partial charge in [-0.1, -0.05) is 13.3 Å². The van der Waals surface area contributed by atoms with Crippen molar-refractivity contribution in [3.63, 3.8) is 0 Å². The number of ether oxygens (including phenoxy) is 1. The minimum absolute atomic E-state index is 0.0605. The first-order chi connectivity index (χ1) is 9.10. The van der Waals surface area contributed by atoms with Gasteiger partial charge in [0.1, 0.15) is 11.9 Å². The van der Waals surface area contributed by atoms with Gasteiger partial charge in [-0.15, -0.1) is 0 Å². The molecule has 104 valence electrons. The van der Waals surface area contributed by atoms with Crippen LogP contribution in [-0.2, 0) is 0 Å². The third kappa shape index (κ3) is 3.36. The third-order valence-electron chi connectivity index (χ3n) is 3.71. The van der Waals surface area contributed by atoms with Gasteiger partial charge in [-0.25, -0.2) is 0 Å². The average molecular weight is 264 g/mol. The summed E-state index contributed by atoms with van der Waals surface area (Å²) in [6.07, 6.45) is 4.78. The molecule has 1 aromatic carbocycles. The maximum Gasteiger partial charge on any atom is 0.275 e. The second kappa shape index (κ2) is 5.91. The lowest BCUT2D eigenvalue weighted by Crippen LogP contribution is -2.28. The van der Waals surface area contributed by atoms with Crippen molar-refractivity contribution in [3.8, 4) is 5.75 Å². The van der Waals surface area contributed by atoms with Crippen molar-refractivity contribution in [1.82, 2.24) is 0 Å². The van der Waals surface area contributed by atoms with Crippen molar-refractivity contribution in [1.29, 1.82) is 0 Å². The highest BCUT2D eigenvalue weighted by Gasteiger charge is 2.23. The maximum absolute atomic E-state index is 10.9. The summed E-state index contributed by atoms with van der Waals surface area (Å²) in [7, 11) is 1.74. The molecule has 2 rings (SSSR count). The van der Waals surface area contributed by atoms with E-state index in [4.69, 9.17) is 4.74 Å². The Morgan fingerprint density at radius 3 is 2.68 bits per heavy atom. The van der Waals surface area contributed by atoms with E-state index in [1.54, 1.807) is 7.05 Å². The van der Waals surface area contributed by atoms with Gasteiger partial charge in [-0.3, -0.25) is 10.1 Å². The summed E-state index contributed by atoms with van der Waals surface area (Å²) in [6, 6.07) is 4.83. The zero-order chi connectivity index (χ0) is 13.8. The summed E-state index contributed by atoms with van der Waals surface area (Å²) in [5.41, 5.74) is 0.762. The first-order valence-corrected chi connectivity index (χ1v) is 6.74. The molecule has 19 heavy (non-hydrogen) atoms. The number of nitrogens with one attached hydrogen (secondary N) is 1. The van der Waals surface area contributed by atoms with E-state index in [1.165, 1.54) is 31.4 Å². The van der Waals surface area contributed by atoms with Gasteiger partial charge in [0.25, 0.3) is 5.69 Å². The number of anilines is 1. The molecule has 0 spiro atoms. The number of nitro benzene ring substituents is 1. The van der Waals surface area contributed by atoms with Crippen LogP contribution in [0.2, 0.25) is 0 Å². The fourth-order valence-corrected chi connectivity index (χ4v) is 2.53. The van der Waals surface area contributed by atoms with Crippen molar-refractivity contribution in [2.24, 2.45) is 5.92 Å². The Bertz CT molecular complexity index is 462. The number of nitrogens with zero attached hydrogens (tertiary/aromatic N) is 1. The highest BCUT2D eigenvalue weighted by Crippen LogP contribution is 2.31. The van der Waals surface area contributed by atoms with Crippen LogP contribution in [0.5, 0.6) is 5.75 Å². The molecule has 5 nitrogen and oxygen atoms in total. The van der Waals surface area contributed by atoms with E-state index in [2.05, 4.69) is 12.2 Å². The van der Waals surface area contributed by atoms with Gasteiger partial charge in [0.2, 0.25) is 0 Å². The lowest BCUT2D eigenvalue weighted by molar-refractivity contribution is -0.384. The molecule has 0 bridgehead atoms. The summed E-state index contributed by atoms with van der Waals surface area (Å²) in [5, 5.41) is 13.8. The lowest BCUT2D eigenvalue weighted by Gasteiger charge is -2.29. The molecule has 0 amide bonds. The Morgan fingerprint density at radius 2 is 2.05 bits per heavy atom. The number of non-ortho nitro benzene ring substituents is 1. The molecular weight excluding hydrogens is 244 g/mol. The minimum Gasteiger partial charge on any atom is -0.490 e. The second-order valence-electron chi connectivity index (χ2n) is 5.14. The van der Waals surface area contributed by atoms with E-state index in [-0.39, 0.29) is 11.8 Å². The molecule has 1 N–H and O–H groups in total. The van der Waals surface area contributed by atoms with Gasteiger partial charge in [-0.05, 0) is 25.2 Å². The normalized spacial score (nSPS) is 22.8. The molecule has 1 aliphatic rings. The smallest absolute Gasteiger partial charge is 0.275 e. The lowest BCUT2D eigenvalue weighted by atomic mass is 9.88. The van der Waals surface area contributed by atoms with Crippen LogP contribution in [0.25, 0.3) is 0 Å². The number of nitro groups is 1. The molecule has 0 radical (unpaired) electrons. The highest BCUT2D eigenvalue weighted by atomic mass is 16.6. The number of hydrogen-bond donors (Lipinski definition) is 1. The Morgan fingerprint density at radius 1 is 1.32 bits per heavy atom. The van der Waals surface area contributed by atoms with E-state index in [9.17, 15) is 10.1 Å². The summed E-state index contributed by atoms with van der Waals surface area (Å²) in [6.45, 7) is 2.18. The predicted molar refractivity (Wildman–Crippen MR) is 74.7 cm³/mol. The minimum atomic E-state index is -0.391. The van der Waals surface area contributed by atoms with Gasteiger partial charge in [0, 0.05) is 24.9 Å². The van der Waals surface area contributed by atoms with Gasteiger partial charge in [0.15, 0.2) is 0 Å². The summed E-state index contributed by atoms with van der Waals surface area (Å²) >= 11 is 0. The Labute approximate surface area is 113 Å². The van der Waals surface area contributed by atoms with E-state index < -0.39 is 4.92 Å². The molecule has 0 aliphatic heterocycles. The Balaban J connectivity index is 2.18. The first-order valence-electron chi connectivity index (χ1n) is 6.74. The quantitative estimate of drug-likeness (QED) is 0.666. The van der Waals surface area contributed by atoms with Crippen LogP contribution in [0.1, 0.15) is 32.6 Å². The molecule has 0 heterocycles. The molecular formula is C14H20N2O3. The van der Waals surface area contributed by atoms with Crippen molar-refractivity contribution in [2.75, 3.05) is 12.4 Å². The van der Waals surface area contributed by atoms with Gasteiger partial charge >= 0.3 is 0 Å². The van der Waals surface area contributed by atoms with Crippen LogP contribution in [0.4, 0.5) is 11.4 Å². The topological polar surface area (TPSA) is 64.4 Å². The summed E-state index contributed by atoms with van der Waals surface area (Å²) < 4.78 is 5.96. The zero-order valence-electron chi connectivity index (χ0n) is 11.4. The second-order valence-corrected chi connectivity index (χ2v) is 5.14. The van der Waals surface area contributed by atoms with Crippen molar-refractivity contribution >= 4 is 11.4 Å². The van der Waals surface area contributed by atoms with Gasteiger partial charge in [-0.2, -0.15) is 0 Å². The molecule has 2 atom stereocenters. The first kappa shape index (κ1) is 13.6. The predicted octanol–water partition coefficient (Wildman–Crippen LogP) is 3.59. The molecule has 1 aliphatic carbocycles. The molecule has 0 saturated heterocycles. The van der Waals surface area contributed by atoms with Gasteiger partial charge < -0.3 is 10.1 Å². The molecule has 0 aromatic heterocycles. The van der Waals surface area contributed by atoms with Crippen LogP contribution in [0.15, 0.2) is 18.2 Å². The molecule has 5 heteroatoms. The number of hydrogen-bond acceptors (Lipinski definition) is 4. The van der Waals surface area contributed by atoms with Crippen LogP contribution in [0.3, 0.4) is 0 Å². The molecule has 2 unspecified atom stereocenters. The van der Waals surface area contributed by atoms with Gasteiger partial charge in [0.05, 0.1) is 11.0 Å². The number of rotatable bonds is 4. The van der Waals surface area contributed by atoms with E-state index in [0.717, 1.165) is 6.42 Å². The zero-order valence-corrected chi connectivity index (χ0v) is 11.4. The fraction of sp³-hybridized carbons (Fsp3) is 0.571. The van der Waals surface area contributed by atoms with E-state index >= 15 is 0 Å². The third-order valence-corrected chi connectivity index (χ3v) is 3.71. The summed E-state index contributed by atoms with van der Waals surface area (Å²) in [4.78, 5) is 10.5. The Kier molecular flexibility index (Phi) is 4.24. The summed E-state index contributed by atoms with van der Waals surface area (Å²) in [5.74, 6) is 1.09. The standard InChI is InChI=1S/C14H20N2O3/c1-10-5-3-4-6-14(10)19-13-8-11(15-2)7-12(9-13)16(17)18/h7-10,14-15H,3-6H2,1-2H3. The van der Waals surface area contributed by atoms with Crippen molar-refractivity contribution in [3.05, 3.63) is 28.3 Å². The van der Waals surface area contributed by atoms with Crippen LogP contribution >= 0.6 is 0 Å². The molecule has 1 aromatic rings. The maximum atomic E-state index is 10.9. The highest BCUT2D eigenvalue weighted by molar-refractivity contribution is 5.56. The molecule has 1 fully saturated rings. The monoisotopic (exact) mass is 264 g/mol. The number of benzene rings is 1. The van der Waals surface area contributed by atoms with Crippen molar-refractivity contribution in [2.45, 2.75) is 38.7 Å². The van der Waals surface area contributed by atoms with Crippen LogP contribution in [0, 0.1) is 16.0 Å². The fourth-order valence-electron chi connectivity index (χ4n) is 2.53. The van der Waals surface area contributed by atoms with Crippen molar-refractivity contribution < 1.29 is 9.66 Å².